The number of amides is 1. The predicted octanol–water partition coefficient (Wildman–Crippen LogP) is 2.04. The number of ketones is 1. The zero-order valence-electron chi connectivity index (χ0n) is 9.95. The van der Waals surface area contributed by atoms with Crippen LogP contribution in [0.2, 0.25) is 5.02 Å². The normalized spacial score (nSPS) is 9.72. The molecule has 0 atom stereocenters. The van der Waals surface area contributed by atoms with E-state index in [4.69, 9.17) is 11.6 Å². The molecule has 1 amide bonds. The number of rotatable bonds is 4. The Hall–Kier alpha value is -1.88. The molecule has 0 aliphatic carbocycles. The number of ether oxygens (including phenoxy) is 1. The fraction of sp³-hybridized carbons (Fsp3) is 0.250. The van der Waals surface area contributed by atoms with Crippen LogP contribution in [0.15, 0.2) is 18.2 Å². The maximum absolute atomic E-state index is 11.4. The number of carbonyl (C=O) groups is 3. The lowest BCUT2D eigenvalue weighted by molar-refractivity contribution is -0.144. The van der Waals surface area contributed by atoms with Crippen molar-refractivity contribution >= 4 is 34.9 Å². The van der Waals surface area contributed by atoms with Crippen LogP contribution in [-0.4, -0.2) is 24.3 Å². The van der Waals surface area contributed by atoms with E-state index in [2.05, 4.69) is 10.1 Å². The van der Waals surface area contributed by atoms with E-state index in [0.717, 1.165) is 0 Å². The van der Waals surface area contributed by atoms with Crippen LogP contribution in [0.25, 0.3) is 0 Å². The van der Waals surface area contributed by atoms with Gasteiger partial charge >= 0.3 is 5.97 Å². The molecule has 96 valence electrons. The average Bonchev–Trinajstić information content (AvgIpc) is 2.28. The molecular weight excluding hydrogens is 258 g/mol. The molecule has 0 spiro atoms. The summed E-state index contributed by atoms with van der Waals surface area (Å²) in [7, 11) is 0. The Balaban J connectivity index is 2.81. The third kappa shape index (κ3) is 4.18. The largest absolute Gasteiger partial charge is 0.456 e. The third-order valence-corrected chi connectivity index (χ3v) is 2.28. The van der Waals surface area contributed by atoms with E-state index in [-0.39, 0.29) is 5.78 Å². The molecule has 0 unspecified atom stereocenters. The first kappa shape index (κ1) is 14.2. The second kappa shape index (κ2) is 6.16. The van der Waals surface area contributed by atoms with Crippen molar-refractivity contribution in [1.29, 1.82) is 0 Å². The van der Waals surface area contributed by atoms with Crippen LogP contribution in [0.4, 0.5) is 5.69 Å². The zero-order chi connectivity index (χ0) is 13.7. The molecule has 0 radical (unpaired) electrons. The molecule has 6 heteroatoms. The first-order valence-corrected chi connectivity index (χ1v) is 5.51. The number of Topliss-reactive ketones (excluding diaryl/α,β-unsaturated/α-hetero) is 1. The van der Waals surface area contributed by atoms with E-state index in [0.29, 0.717) is 16.3 Å². The van der Waals surface area contributed by atoms with Crippen molar-refractivity contribution in [3.8, 4) is 0 Å². The quantitative estimate of drug-likeness (QED) is 0.671. The number of hydrogen-bond acceptors (Lipinski definition) is 4. The fourth-order valence-electron chi connectivity index (χ4n) is 1.27. The molecule has 1 aromatic rings. The molecule has 0 bridgehead atoms. The number of carbonyl (C=O) groups excluding carboxylic acids is 3. The molecule has 1 N–H and O–H groups in total. The Labute approximate surface area is 109 Å². The van der Waals surface area contributed by atoms with Gasteiger partial charge in [0, 0.05) is 17.5 Å². The van der Waals surface area contributed by atoms with E-state index < -0.39 is 18.5 Å². The number of anilines is 1. The monoisotopic (exact) mass is 269 g/mol. The lowest BCUT2D eigenvalue weighted by Gasteiger charge is -2.09. The van der Waals surface area contributed by atoms with Crippen LogP contribution in [-0.2, 0) is 14.3 Å². The van der Waals surface area contributed by atoms with Crippen LogP contribution in [0.3, 0.4) is 0 Å². The van der Waals surface area contributed by atoms with Gasteiger partial charge in [0.25, 0.3) is 5.91 Å². The Bertz CT molecular complexity index is 499. The summed E-state index contributed by atoms with van der Waals surface area (Å²) in [6.45, 7) is 2.18. The first-order chi connectivity index (χ1) is 8.40. The van der Waals surface area contributed by atoms with Gasteiger partial charge in [-0.05, 0) is 25.1 Å². The summed E-state index contributed by atoms with van der Waals surface area (Å²) in [5.41, 5.74) is 0.641. The van der Waals surface area contributed by atoms with Gasteiger partial charge in [0.15, 0.2) is 12.4 Å². The van der Waals surface area contributed by atoms with Crippen molar-refractivity contribution in [3.05, 3.63) is 28.8 Å². The molecule has 0 fully saturated rings. The maximum atomic E-state index is 11.4. The SMILES string of the molecule is CC(=O)OCC(=O)Nc1ccc(Cl)cc1C(C)=O. The Morgan fingerprint density at radius 2 is 1.94 bits per heavy atom. The van der Waals surface area contributed by atoms with Gasteiger partial charge < -0.3 is 10.1 Å². The highest BCUT2D eigenvalue weighted by Gasteiger charge is 2.11. The molecular formula is C12H12ClNO4. The van der Waals surface area contributed by atoms with Crippen molar-refractivity contribution in [3.63, 3.8) is 0 Å². The molecule has 5 nitrogen and oxygen atoms in total. The summed E-state index contributed by atoms with van der Waals surface area (Å²) < 4.78 is 4.54. The zero-order valence-corrected chi connectivity index (χ0v) is 10.7. The van der Waals surface area contributed by atoms with E-state index in [9.17, 15) is 14.4 Å². The minimum atomic E-state index is -0.548. The van der Waals surface area contributed by atoms with Gasteiger partial charge in [0.2, 0.25) is 0 Å². The van der Waals surface area contributed by atoms with E-state index in [1.807, 2.05) is 0 Å². The standard InChI is InChI=1S/C12H12ClNO4/c1-7(15)10-5-9(13)3-4-11(10)14-12(17)6-18-8(2)16/h3-5H,6H2,1-2H3,(H,14,17). The van der Waals surface area contributed by atoms with Crippen molar-refractivity contribution < 1.29 is 19.1 Å². The lowest BCUT2D eigenvalue weighted by Crippen LogP contribution is -2.21. The predicted molar refractivity (Wildman–Crippen MR) is 66.7 cm³/mol. The number of esters is 1. The Kier molecular flexibility index (Phi) is 4.85. The van der Waals surface area contributed by atoms with Gasteiger partial charge in [-0.3, -0.25) is 14.4 Å². The summed E-state index contributed by atoms with van der Waals surface area (Å²) in [6.07, 6.45) is 0. The highest BCUT2D eigenvalue weighted by molar-refractivity contribution is 6.31. The molecule has 0 saturated carbocycles. The van der Waals surface area contributed by atoms with E-state index >= 15 is 0 Å². The smallest absolute Gasteiger partial charge is 0.303 e. The topological polar surface area (TPSA) is 72.5 Å². The van der Waals surface area contributed by atoms with Crippen molar-refractivity contribution in [2.75, 3.05) is 11.9 Å². The number of hydrogen-bond donors (Lipinski definition) is 1. The van der Waals surface area contributed by atoms with Gasteiger partial charge in [0.05, 0.1) is 5.69 Å². The fourth-order valence-corrected chi connectivity index (χ4v) is 1.44. The highest BCUT2D eigenvalue weighted by atomic mass is 35.5. The average molecular weight is 270 g/mol. The summed E-state index contributed by atoms with van der Waals surface area (Å²) >= 11 is 5.77. The van der Waals surface area contributed by atoms with E-state index in [1.165, 1.54) is 26.0 Å². The van der Waals surface area contributed by atoms with E-state index in [1.54, 1.807) is 6.07 Å². The maximum Gasteiger partial charge on any atom is 0.303 e. The minimum absolute atomic E-state index is 0.222. The van der Waals surface area contributed by atoms with Crippen LogP contribution in [0.1, 0.15) is 24.2 Å². The summed E-state index contributed by atoms with van der Waals surface area (Å²) in [5, 5.41) is 2.88. The van der Waals surface area contributed by atoms with Crippen LogP contribution >= 0.6 is 11.6 Å². The van der Waals surface area contributed by atoms with Gasteiger partial charge in [-0.25, -0.2) is 0 Å². The summed E-state index contributed by atoms with van der Waals surface area (Å²) in [5.74, 6) is -1.29. The highest BCUT2D eigenvalue weighted by Crippen LogP contribution is 2.21. The summed E-state index contributed by atoms with van der Waals surface area (Å²) in [6, 6.07) is 4.53. The van der Waals surface area contributed by atoms with Crippen LogP contribution in [0, 0.1) is 0 Å². The molecule has 0 aromatic heterocycles. The molecule has 1 rings (SSSR count). The first-order valence-electron chi connectivity index (χ1n) is 5.14. The number of halogens is 1. The second-order valence-electron chi connectivity index (χ2n) is 3.57. The molecule has 0 aliphatic heterocycles. The molecule has 0 aliphatic rings. The molecule has 0 saturated heterocycles. The molecule has 1 aromatic carbocycles. The third-order valence-electron chi connectivity index (χ3n) is 2.04. The minimum Gasteiger partial charge on any atom is -0.456 e. The summed E-state index contributed by atoms with van der Waals surface area (Å²) in [4.78, 5) is 33.4. The lowest BCUT2D eigenvalue weighted by atomic mass is 10.1. The van der Waals surface area contributed by atoms with Crippen LogP contribution < -0.4 is 5.32 Å². The van der Waals surface area contributed by atoms with Crippen molar-refractivity contribution in [2.24, 2.45) is 0 Å². The van der Waals surface area contributed by atoms with Crippen molar-refractivity contribution in [1.82, 2.24) is 0 Å². The Morgan fingerprint density at radius 3 is 2.50 bits per heavy atom. The number of nitrogens with one attached hydrogen (secondary N) is 1. The van der Waals surface area contributed by atoms with Crippen molar-refractivity contribution in [2.45, 2.75) is 13.8 Å². The van der Waals surface area contributed by atoms with Crippen LogP contribution in [0.5, 0.6) is 0 Å². The van der Waals surface area contributed by atoms with Gasteiger partial charge in [0.1, 0.15) is 0 Å². The molecule has 18 heavy (non-hydrogen) atoms. The molecule has 0 heterocycles. The number of benzene rings is 1. The second-order valence-corrected chi connectivity index (χ2v) is 4.01. The van der Waals surface area contributed by atoms with Gasteiger partial charge in [-0.2, -0.15) is 0 Å². The van der Waals surface area contributed by atoms with Gasteiger partial charge in [-0.15, -0.1) is 0 Å². The Morgan fingerprint density at radius 1 is 1.28 bits per heavy atom. The van der Waals surface area contributed by atoms with Gasteiger partial charge in [-0.1, -0.05) is 11.6 Å².